The third-order valence-electron chi connectivity index (χ3n) is 6.23. The van der Waals surface area contributed by atoms with Crippen molar-refractivity contribution in [1.29, 1.82) is 0 Å². The van der Waals surface area contributed by atoms with E-state index in [1.807, 2.05) is 63.5 Å². The van der Waals surface area contributed by atoms with Crippen LogP contribution in [0.4, 0.5) is 4.79 Å². The average molecular weight is 438 g/mol. The van der Waals surface area contributed by atoms with E-state index in [4.69, 9.17) is 9.73 Å². The molecule has 3 amide bonds. The molecule has 0 spiro atoms. The first kappa shape index (κ1) is 21.7. The Morgan fingerprint density at radius 2 is 1.78 bits per heavy atom. The molecule has 3 heterocycles. The largest absolute Gasteiger partial charge is 0.497 e. The van der Waals surface area contributed by atoms with E-state index in [0.717, 1.165) is 28.3 Å². The SMILES string of the molecule is COc1ccc(CN2C(=O)C3C(=NC(n4nc(C)c(C)c4C)=[N+]3C(C)C)N(C)C2=O)cc1. The number of aryl methyl sites for hydroxylation is 1. The summed E-state index contributed by atoms with van der Waals surface area (Å²) in [5.41, 5.74) is 3.79. The van der Waals surface area contributed by atoms with Gasteiger partial charge in [-0.15, -0.1) is 9.78 Å². The summed E-state index contributed by atoms with van der Waals surface area (Å²) in [5.74, 6) is 1.43. The molecule has 0 N–H and O–H groups in total. The molecule has 2 aliphatic heterocycles. The molecule has 1 aromatic carbocycles. The number of ether oxygens (including phenoxy) is 1. The molecule has 1 saturated heterocycles. The Labute approximate surface area is 187 Å². The lowest BCUT2D eigenvalue weighted by atomic mass is 10.1. The van der Waals surface area contributed by atoms with E-state index in [9.17, 15) is 9.59 Å². The fraction of sp³-hybridized carbons (Fsp3) is 0.435. The lowest BCUT2D eigenvalue weighted by Gasteiger charge is -2.34. The third-order valence-corrected chi connectivity index (χ3v) is 6.23. The highest BCUT2D eigenvalue weighted by Gasteiger charge is 2.53. The average Bonchev–Trinajstić information content (AvgIpc) is 3.29. The van der Waals surface area contributed by atoms with Gasteiger partial charge in [-0.05, 0) is 52.3 Å². The maximum atomic E-state index is 13.6. The van der Waals surface area contributed by atoms with Gasteiger partial charge in [0, 0.05) is 12.6 Å². The molecule has 0 aliphatic carbocycles. The highest BCUT2D eigenvalue weighted by molar-refractivity contribution is 6.23. The standard InChI is InChI=1S/C23H29N6O3/c1-13(2)28-19-20(24-22(28)29-16(5)14(3)15(4)25-29)26(6)23(31)27(21(19)30)12-17-8-10-18(32-7)11-9-17/h8-11,13,19H,12H2,1-7H3/q+1. The number of imide groups is 1. The number of urea groups is 1. The number of rotatable bonds is 4. The van der Waals surface area contributed by atoms with Gasteiger partial charge in [0.05, 0.1) is 25.4 Å². The molecule has 4 rings (SSSR count). The van der Waals surface area contributed by atoms with Crippen molar-refractivity contribution in [3.8, 4) is 5.75 Å². The van der Waals surface area contributed by atoms with Crippen molar-refractivity contribution in [2.45, 2.75) is 53.2 Å². The fourth-order valence-corrected chi connectivity index (χ4v) is 4.13. The number of aromatic nitrogens is 2. The van der Waals surface area contributed by atoms with Crippen LogP contribution < -0.4 is 4.74 Å². The predicted molar refractivity (Wildman–Crippen MR) is 120 cm³/mol. The van der Waals surface area contributed by atoms with Crippen LogP contribution in [0, 0.1) is 20.8 Å². The van der Waals surface area contributed by atoms with Gasteiger partial charge < -0.3 is 4.74 Å². The highest BCUT2D eigenvalue weighted by Crippen LogP contribution is 2.25. The van der Waals surface area contributed by atoms with Crippen molar-refractivity contribution < 1.29 is 18.9 Å². The van der Waals surface area contributed by atoms with E-state index in [0.29, 0.717) is 11.8 Å². The van der Waals surface area contributed by atoms with Crippen LogP contribution >= 0.6 is 0 Å². The molecule has 1 aromatic heterocycles. The lowest BCUT2D eigenvalue weighted by molar-refractivity contribution is -0.567. The van der Waals surface area contributed by atoms with Crippen molar-refractivity contribution in [3.05, 3.63) is 46.8 Å². The molecule has 0 bridgehead atoms. The molecule has 0 radical (unpaired) electrons. The minimum Gasteiger partial charge on any atom is -0.497 e. The Kier molecular flexibility index (Phi) is 5.36. The Hall–Kier alpha value is -3.49. The third kappa shape index (κ3) is 3.28. The van der Waals surface area contributed by atoms with Gasteiger partial charge in [-0.1, -0.05) is 17.1 Å². The molecule has 0 saturated carbocycles. The van der Waals surface area contributed by atoms with E-state index < -0.39 is 12.1 Å². The van der Waals surface area contributed by atoms with Gasteiger partial charge in [0.2, 0.25) is 11.9 Å². The quantitative estimate of drug-likeness (QED) is 0.688. The van der Waals surface area contributed by atoms with Gasteiger partial charge in [-0.2, -0.15) is 0 Å². The number of fused-ring (bicyclic) bond motifs is 1. The zero-order valence-corrected chi connectivity index (χ0v) is 19.6. The second kappa shape index (κ2) is 7.89. The second-order valence-electron chi connectivity index (χ2n) is 8.50. The van der Waals surface area contributed by atoms with Gasteiger partial charge >= 0.3 is 12.0 Å². The summed E-state index contributed by atoms with van der Waals surface area (Å²) in [6.07, 6.45) is 0. The number of nitrogens with zero attached hydrogens (tertiary/aromatic N) is 6. The number of hydrogen-bond acceptors (Lipinski definition) is 5. The van der Waals surface area contributed by atoms with E-state index in [2.05, 4.69) is 5.10 Å². The Morgan fingerprint density at radius 1 is 1.12 bits per heavy atom. The Morgan fingerprint density at radius 3 is 2.31 bits per heavy atom. The summed E-state index contributed by atoms with van der Waals surface area (Å²) in [5, 5.41) is 4.65. The van der Waals surface area contributed by atoms with Crippen molar-refractivity contribution in [2.24, 2.45) is 4.99 Å². The Bertz CT molecular complexity index is 1160. The maximum Gasteiger partial charge on any atom is 0.421 e. The molecule has 1 fully saturated rings. The summed E-state index contributed by atoms with van der Waals surface area (Å²) in [4.78, 5) is 34.3. The Balaban J connectivity index is 1.76. The molecule has 1 unspecified atom stereocenters. The van der Waals surface area contributed by atoms with Gasteiger partial charge in [0.1, 0.15) is 11.4 Å². The first-order valence-electron chi connectivity index (χ1n) is 10.6. The number of hydrogen-bond donors (Lipinski definition) is 0. The normalized spacial score (nSPS) is 18.6. The van der Waals surface area contributed by atoms with Crippen LogP contribution in [0.1, 0.15) is 36.4 Å². The highest BCUT2D eigenvalue weighted by atomic mass is 16.5. The monoisotopic (exact) mass is 437 g/mol. The van der Waals surface area contributed by atoms with Gasteiger partial charge in [0.25, 0.3) is 5.91 Å². The molecule has 32 heavy (non-hydrogen) atoms. The van der Waals surface area contributed by atoms with Crippen LogP contribution in [0.15, 0.2) is 29.3 Å². The first-order chi connectivity index (χ1) is 15.1. The second-order valence-corrected chi connectivity index (χ2v) is 8.50. The number of amidine groups is 1. The number of methoxy groups -OCH3 is 1. The van der Waals surface area contributed by atoms with Crippen LogP contribution in [-0.2, 0) is 11.3 Å². The van der Waals surface area contributed by atoms with Gasteiger partial charge in [-0.25, -0.2) is 9.37 Å². The maximum absolute atomic E-state index is 13.6. The van der Waals surface area contributed by atoms with Gasteiger partial charge in [-0.3, -0.25) is 14.6 Å². The number of aliphatic imine (C=N–C) groups is 1. The summed E-state index contributed by atoms with van der Waals surface area (Å²) in [7, 11) is 3.26. The topological polar surface area (TPSA) is 83.0 Å². The molecular weight excluding hydrogens is 408 g/mol. The molecule has 9 heteroatoms. The zero-order valence-electron chi connectivity index (χ0n) is 19.6. The van der Waals surface area contributed by atoms with E-state index in [-0.39, 0.29) is 18.5 Å². The van der Waals surface area contributed by atoms with Crippen LogP contribution in [0.25, 0.3) is 0 Å². The molecule has 2 aromatic rings. The van der Waals surface area contributed by atoms with Crippen LogP contribution in [0.2, 0.25) is 0 Å². The van der Waals surface area contributed by atoms with E-state index >= 15 is 0 Å². The lowest BCUT2D eigenvalue weighted by Crippen LogP contribution is -2.63. The zero-order chi connectivity index (χ0) is 23.3. The summed E-state index contributed by atoms with van der Waals surface area (Å²) < 4.78 is 8.92. The van der Waals surface area contributed by atoms with Gasteiger partial charge in [0.15, 0.2) is 0 Å². The smallest absolute Gasteiger partial charge is 0.421 e. The van der Waals surface area contributed by atoms with Crippen molar-refractivity contribution >= 4 is 23.7 Å². The number of benzene rings is 1. The van der Waals surface area contributed by atoms with Crippen LogP contribution in [0.5, 0.6) is 5.75 Å². The number of carbonyl (C=O) groups excluding carboxylic acids is 2. The summed E-state index contributed by atoms with van der Waals surface area (Å²) in [6, 6.07) is 6.23. The number of likely N-dealkylation sites (N-methyl/N-ethyl adjacent to an activating group) is 1. The van der Waals surface area contributed by atoms with E-state index in [1.54, 1.807) is 18.8 Å². The minimum absolute atomic E-state index is 0.0335. The molecule has 1 atom stereocenters. The van der Waals surface area contributed by atoms with Crippen molar-refractivity contribution in [3.63, 3.8) is 0 Å². The first-order valence-corrected chi connectivity index (χ1v) is 10.6. The molecular formula is C23H29N6O3+. The summed E-state index contributed by atoms with van der Waals surface area (Å²) >= 11 is 0. The summed E-state index contributed by atoms with van der Waals surface area (Å²) in [6.45, 7) is 10.1. The molecule has 2 aliphatic rings. The predicted octanol–water partition coefficient (Wildman–Crippen LogP) is 2.32. The van der Waals surface area contributed by atoms with E-state index in [1.165, 1.54) is 9.80 Å². The number of amides is 3. The van der Waals surface area contributed by atoms with Crippen molar-refractivity contribution in [2.75, 3.05) is 14.2 Å². The van der Waals surface area contributed by atoms with Crippen LogP contribution in [-0.4, -0.2) is 74.1 Å². The fourth-order valence-electron chi connectivity index (χ4n) is 4.13. The van der Waals surface area contributed by atoms with Crippen LogP contribution in [0.3, 0.4) is 0 Å². The molecule has 168 valence electrons. The molecule has 9 nitrogen and oxygen atoms in total. The minimum atomic E-state index is -0.685. The number of carbonyl (C=O) groups is 2. The van der Waals surface area contributed by atoms with Crippen molar-refractivity contribution in [1.82, 2.24) is 19.6 Å².